The number of ether oxygens (including phenoxy) is 2. The fourth-order valence-corrected chi connectivity index (χ4v) is 1.76. The number of rotatable bonds is 4. The zero-order valence-electron chi connectivity index (χ0n) is 8.41. The van der Waals surface area contributed by atoms with Crippen LogP contribution in [0.2, 0.25) is 0 Å². The first kappa shape index (κ1) is 10.7. The Labute approximate surface area is 79.4 Å². The van der Waals surface area contributed by atoms with Gasteiger partial charge in [0.1, 0.15) is 6.29 Å². The lowest BCUT2D eigenvalue weighted by atomic mass is 9.79. The Kier molecular flexibility index (Phi) is 3.88. The van der Waals surface area contributed by atoms with Crippen molar-refractivity contribution in [1.29, 1.82) is 0 Å². The highest BCUT2D eigenvalue weighted by atomic mass is 16.5. The Morgan fingerprint density at radius 2 is 2.46 bits per heavy atom. The van der Waals surface area contributed by atoms with Crippen LogP contribution in [0.1, 0.15) is 26.7 Å². The first-order valence-corrected chi connectivity index (χ1v) is 4.91. The van der Waals surface area contributed by atoms with Crippen LogP contribution < -0.4 is 0 Å². The van der Waals surface area contributed by atoms with E-state index in [1.165, 1.54) is 0 Å². The van der Waals surface area contributed by atoms with Gasteiger partial charge in [-0.1, -0.05) is 0 Å². The molecule has 13 heavy (non-hydrogen) atoms. The molecule has 1 heterocycles. The normalized spacial score (nSPS) is 31.2. The van der Waals surface area contributed by atoms with E-state index in [2.05, 4.69) is 0 Å². The second kappa shape index (κ2) is 4.72. The minimum atomic E-state index is -0.395. The van der Waals surface area contributed by atoms with Gasteiger partial charge in [-0.05, 0) is 26.7 Å². The number of hydrogen-bond acceptors (Lipinski definition) is 3. The molecule has 0 aromatic carbocycles. The summed E-state index contributed by atoms with van der Waals surface area (Å²) in [4.78, 5) is 11.0. The second-order valence-corrected chi connectivity index (χ2v) is 3.60. The summed E-state index contributed by atoms with van der Waals surface area (Å²) >= 11 is 0. The lowest BCUT2D eigenvalue weighted by Gasteiger charge is -2.36. The molecule has 0 spiro atoms. The van der Waals surface area contributed by atoms with Gasteiger partial charge in [-0.15, -0.1) is 0 Å². The van der Waals surface area contributed by atoms with Crippen molar-refractivity contribution >= 4 is 6.29 Å². The first-order chi connectivity index (χ1) is 6.25. The van der Waals surface area contributed by atoms with Gasteiger partial charge in [0.15, 0.2) is 0 Å². The van der Waals surface area contributed by atoms with Crippen LogP contribution in [0.3, 0.4) is 0 Å². The maximum absolute atomic E-state index is 11.0. The lowest BCUT2D eigenvalue weighted by Crippen LogP contribution is -2.43. The molecule has 2 atom stereocenters. The Hall–Kier alpha value is -0.410. The van der Waals surface area contributed by atoms with Crippen LogP contribution >= 0.6 is 0 Å². The van der Waals surface area contributed by atoms with Crippen LogP contribution in [0.5, 0.6) is 0 Å². The first-order valence-electron chi connectivity index (χ1n) is 4.91. The summed E-state index contributed by atoms with van der Waals surface area (Å²) in [6.45, 7) is 5.83. The van der Waals surface area contributed by atoms with Gasteiger partial charge in [-0.25, -0.2) is 0 Å². The zero-order chi connectivity index (χ0) is 9.73. The van der Waals surface area contributed by atoms with Crippen LogP contribution in [0.25, 0.3) is 0 Å². The largest absolute Gasteiger partial charge is 0.380 e. The van der Waals surface area contributed by atoms with E-state index < -0.39 is 5.41 Å². The van der Waals surface area contributed by atoms with E-state index in [-0.39, 0.29) is 6.10 Å². The molecule has 3 heteroatoms. The number of hydrogen-bond donors (Lipinski definition) is 0. The molecule has 0 radical (unpaired) electrons. The number of carbonyl (C=O) groups excluding carboxylic acids is 1. The minimum absolute atomic E-state index is 0.0321. The van der Waals surface area contributed by atoms with Crippen molar-refractivity contribution in [3.8, 4) is 0 Å². The molecular weight excluding hydrogens is 168 g/mol. The van der Waals surface area contributed by atoms with Crippen molar-refractivity contribution in [1.82, 2.24) is 0 Å². The average Bonchev–Trinajstić information content (AvgIpc) is 2.19. The van der Waals surface area contributed by atoms with E-state index in [0.717, 1.165) is 25.7 Å². The molecule has 2 unspecified atom stereocenters. The highest BCUT2D eigenvalue weighted by molar-refractivity contribution is 5.60. The van der Waals surface area contributed by atoms with E-state index in [1.807, 2.05) is 13.8 Å². The maximum Gasteiger partial charge on any atom is 0.131 e. The smallest absolute Gasteiger partial charge is 0.131 e. The van der Waals surface area contributed by atoms with Crippen molar-refractivity contribution in [3.63, 3.8) is 0 Å². The van der Waals surface area contributed by atoms with Gasteiger partial charge >= 0.3 is 0 Å². The molecule has 0 N–H and O–H groups in total. The van der Waals surface area contributed by atoms with Crippen LogP contribution in [0.4, 0.5) is 0 Å². The third kappa shape index (κ3) is 2.29. The molecule has 0 saturated carbocycles. The Balaban J connectivity index is 2.60. The molecule has 1 aliphatic heterocycles. The molecule has 0 aromatic heterocycles. The van der Waals surface area contributed by atoms with Crippen LogP contribution in [0, 0.1) is 5.41 Å². The summed E-state index contributed by atoms with van der Waals surface area (Å²) in [5, 5.41) is 0. The molecule has 3 nitrogen and oxygen atoms in total. The maximum atomic E-state index is 11.0. The van der Waals surface area contributed by atoms with Crippen LogP contribution in [0.15, 0.2) is 0 Å². The fourth-order valence-electron chi connectivity index (χ4n) is 1.76. The molecule has 1 saturated heterocycles. The van der Waals surface area contributed by atoms with Gasteiger partial charge in [0, 0.05) is 13.2 Å². The molecule has 0 aromatic rings. The van der Waals surface area contributed by atoms with E-state index in [4.69, 9.17) is 9.47 Å². The third-order valence-corrected chi connectivity index (χ3v) is 2.76. The highest BCUT2D eigenvalue weighted by Crippen LogP contribution is 2.31. The van der Waals surface area contributed by atoms with Gasteiger partial charge in [0.05, 0.1) is 18.1 Å². The Morgan fingerprint density at radius 3 is 2.92 bits per heavy atom. The van der Waals surface area contributed by atoms with E-state index in [1.54, 1.807) is 0 Å². The molecule has 0 aliphatic carbocycles. The van der Waals surface area contributed by atoms with E-state index >= 15 is 0 Å². The van der Waals surface area contributed by atoms with E-state index in [9.17, 15) is 4.79 Å². The topological polar surface area (TPSA) is 35.5 Å². The second-order valence-electron chi connectivity index (χ2n) is 3.60. The molecule has 1 rings (SSSR count). The number of aldehydes is 1. The predicted octanol–water partition coefficient (Wildman–Crippen LogP) is 1.41. The zero-order valence-corrected chi connectivity index (χ0v) is 8.41. The Bertz CT molecular complexity index is 162. The average molecular weight is 186 g/mol. The van der Waals surface area contributed by atoms with Crippen molar-refractivity contribution in [2.45, 2.75) is 32.8 Å². The van der Waals surface area contributed by atoms with Crippen molar-refractivity contribution < 1.29 is 14.3 Å². The fraction of sp³-hybridized carbons (Fsp3) is 0.900. The van der Waals surface area contributed by atoms with E-state index in [0.29, 0.717) is 13.2 Å². The minimum Gasteiger partial charge on any atom is -0.380 e. The molecule has 0 amide bonds. The molecule has 1 fully saturated rings. The Morgan fingerprint density at radius 1 is 1.69 bits per heavy atom. The van der Waals surface area contributed by atoms with Gasteiger partial charge in [-0.2, -0.15) is 0 Å². The monoisotopic (exact) mass is 186 g/mol. The van der Waals surface area contributed by atoms with Gasteiger partial charge in [-0.3, -0.25) is 0 Å². The lowest BCUT2D eigenvalue weighted by molar-refractivity contribution is -0.139. The molecule has 76 valence electrons. The van der Waals surface area contributed by atoms with Crippen LogP contribution in [-0.4, -0.2) is 32.2 Å². The quantitative estimate of drug-likeness (QED) is 0.623. The summed E-state index contributed by atoms with van der Waals surface area (Å²) in [7, 11) is 0. The summed E-state index contributed by atoms with van der Waals surface area (Å²) in [6.07, 6.45) is 2.82. The van der Waals surface area contributed by atoms with Gasteiger partial charge in [0.2, 0.25) is 0 Å². The third-order valence-electron chi connectivity index (χ3n) is 2.76. The standard InChI is InChI=1S/C10H18O3/c1-3-13-9(2)10(7-11)5-4-6-12-8-10/h7,9H,3-6,8H2,1-2H3. The van der Waals surface area contributed by atoms with Crippen molar-refractivity contribution in [2.24, 2.45) is 5.41 Å². The molecule has 1 aliphatic rings. The summed E-state index contributed by atoms with van der Waals surface area (Å²) in [5.41, 5.74) is -0.395. The predicted molar refractivity (Wildman–Crippen MR) is 49.6 cm³/mol. The summed E-state index contributed by atoms with van der Waals surface area (Å²) in [6, 6.07) is 0. The molecule has 0 bridgehead atoms. The summed E-state index contributed by atoms with van der Waals surface area (Å²) in [5.74, 6) is 0. The highest BCUT2D eigenvalue weighted by Gasteiger charge is 2.38. The van der Waals surface area contributed by atoms with Crippen molar-refractivity contribution in [3.05, 3.63) is 0 Å². The SMILES string of the molecule is CCOC(C)C1(C=O)CCCOC1. The summed E-state index contributed by atoms with van der Waals surface area (Å²) < 4.78 is 10.8. The van der Waals surface area contributed by atoms with Crippen LogP contribution in [-0.2, 0) is 14.3 Å². The van der Waals surface area contributed by atoms with Gasteiger partial charge in [0.25, 0.3) is 0 Å². The molecular formula is C10H18O3. The number of carbonyl (C=O) groups is 1. The van der Waals surface area contributed by atoms with Crippen molar-refractivity contribution in [2.75, 3.05) is 19.8 Å². The van der Waals surface area contributed by atoms with Gasteiger partial charge < -0.3 is 14.3 Å².